The van der Waals surface area contributed by atoms with Crippen molar-refractivity contribution in [2.24, 2.45) is 12.8 Å². The second-order valence-electron chi connectivity index (χ2n) is 2.99. The topological polar surface area (TPSA) is 60.9 Å². The zero-order chi connectivity index (χ0) is 10.3. The lowest BCUT2D eigenvalue weighted by atomic mass is 10.3. The van der Waals surface area contributed by atoms with E-state index in [-0.39, 0.29) is 11.6 Å². The van der Waals surface area contributed by atoms with Crippen molar-refractivity contribution in [2.45, 2.75) is 0 Å². The first-order valence-corrected chi connectivity index (χ1v) is 4.01. The maximum Gasteiger partial charge on any atom is 0.284 e. The molecule has 1 aromatic carbocycles. The van der Waals surface area contributed by atoms with Gasteiger partial charge in [0.1, 0.15) is 5.82 Å². The summed E-state index contributed by atoms with van der Waals surface area (Å²) in [6.07, 6.45) is 0. The Hall–Kier alpha value is -1.91. The van der Waals surface area contributed by atoms with Crippen LogP contribution in [0.2, 0.25) is 0 Å². The number of rotatable bonds is 1. The minimum atomic E-state index is -0.621. The predicted octanol–water partition coefficient (Wildman–Crippen LogP) is 0.811. The molecular weight excluding hydrogens is 185 g/mol. The molecule has 0 spiro atoms. The Morgan fingerprint density at radius 1 is 1.57 bits per heavy atom. The Kier molecular flexibility index (Phi) is 1.73. The number of halogens is 1. The van der Waals surface area contributed by atoms with Gasteiger partial charge in [0, 0.05) is 13.1 Å². The quantitative estimate of drug-likeness (QED) is 0.728. The molecule has 0 bridgehead atoms. The lowest BCUT2D eigenvalue weighted by Crippen LogP contribution is -2.16. The normalized spacial score (nSPS) is 10.7. The molecule has 0 atom stereocenters. The van der Waals surface area contributed by atoms with Crippen molar-refractivity contribution in [1.82, 2.24) is 9.55 Å². The SMILES string of the molecule is Cn1c(C(N)=O)nc2cc(F)ccc21. The Bertz CT molecular complexity index is 518. The molecule has 0 aliphatic rings. The average Bonchev–Trinajstić information content (AvgIpc) is 2.43. The van der Waals surface area contributed by atoms with Crippen molar-refractivity contribution in [3.8, 4) is 0 Å². The van der Waals surface area contributed by atoms with Crippen LogP contribution in [0.15, 0.2) is 18.2 Å². The van der Waals surface area contributed by atoms with Crippen LogP contribution in [0.3, 0.4) is 0 Å². The van der Waals surface area contributed by atoms with E-state index in [1.54, 1.807) is 13.1 Å². The molecule has 0 aliphatic heterocycles. The number of nitrogens with two attached hydrogens (primary N) is 1. The third-order valence-corrected chi connectivity index (χ3v) is 2.06. The first-order valence-electron chi connectivity index (χ1n) is 4.01. The highest BCUT2D eigenvalue weighted by Gasteiger charge is 2.12. The van der Waals surface area contributed by atoms with E-state index in [0.29, 0.717) is 11.0 Å². The molecule has 0 saturated carbocycles. The third kappa shape index (κ3) is 1.14. The molecule has 1 heterocycles. The van der Waals surface area contributed by atoms with E-state index < -0.39 is 5.91 Å². The summed E-state index contributed by atoms with van der Waals surface area (Å²) in [5.41, 5.74) is 6.21. The fourth-order valence-electron chi connectivity index (χ4n) is 1.39. The lowest BCUT2D eigenvalue weighted by Gasteiger charge is -1.96. The largest absolute Gasteiger partial charge is 0.363 e. The van der Waals surface area contributed by atoms with Crippen LogP contribution in [0.1, 0.15) is 10.6 Å². The Morgan fingerprint density at radius 3 is 2.93 bits per heavy atom. The van der Waals surface area contributed by atoms with Gasteiger partial charge in [-0.05, 0) is 12.1 Å². The number of amides is 1. The number of primary amides is 1. The van der Waals surface area contributed by atoms with Crippen LogP contribution in [0.4, 0.5) is 4.39 Å². The second-order valence-corrected chi connectivity index (χ2v) is 2.99. The fourth-order valence-corrected chi connectivity index (χ4v) is 1.39. The summed E-state index contributed by atoms with van der Waals surface area (Å²) >= 11 is 0. The first-order chi connectivity index (χ1) is 6.59. The number of hydrogen-bond donors (Lipinski definition) is 1. The van der Waals surface area contributed by atoms with Crippen LogP contribution >= 0.6 is 0 Å². The Morgan fingerprint density at radius 2 is 2.29 bits per heavy atom. The number of aryl methyl sites for hydroxylation is 1. The summed E-state index contributed by atoms with van der Waals surface area (Å²) in [5.74, 6) is -0.874. The monoisotopic (exact) mass is 193 g/mol. The Labute approximate surface area is 79.1 Å². The highest BCUT2D eigenvalue weighted by molar-refractivity contribution is 5.93. The minimum absolute atomic E-state index is 0.130. The average molecular weight is 193 g/mol. The predicted molar refractivity (Wildman–Crippen MR) is 49.2 cm³/mol. The molecule has 1 amide bonds. The molecule has 0 radical (unpaired) electrons. The maximum absolute atomic E-state index is 12.8. The van der Waals surface area contributed by atoms with E-state index in [1.165, 1.54) is 16.7 Å². The third-order valence-electron chi connectivity index (χ3n) is 2.06. The Balaban J connectivity index is 2.79. The number of benzene rings is 1. The summed E-state index contributed by atoms with van der Waals surface area (Å²) in [6, 6.07) is 4.14. The summed E-state index contributed by atoms with van der Waals surface area (Å²) < 4.78 is 14.4. The summed E-state index contributed by atoms with van der Waals surface area (Å²) in [7, 11) is 1.66. The van der Waals surface area contributed by atoms with E-state index in [9.17, 15) is 9.18 Å². The minimum Gasteiger partial charge on any atom is -0.363 e. The summed E-state index contributed by atoms with van der Waals surface area (Å²) in [6.45, 7) is 0. The van der Waals surface area contributed by atoms with Crippen LogP contribution in [0.5, 0.6) is 0 Å². The van der Waals surface area contributed by atoms with Gasteiger partial charge in [0.05, 0.1) is 11.0 Å². The molecular formula is C9H8FN3O. The van der Waals surface area contributed by atoms with Gasteiger partial charge < -0.3 is 10.3 Å². The molecule has 5 heteroatoms. The van der Waals surface area contributed by atoms with Crippen LogP contribution in [-0.4, -0.2) is 15.5 Å². The van der Waals surface area contributed by atoms with Crippen molar-refractivity contribution >= 4 is 16.9 Å². The number of carbonyl (C=O) groups excluding carboxylic acids is 1. The van der Waals surface area contributed by atoms with Crippen molar-refractivity contribution in [1.29, 1.82) is 0 Å². The number of carbonyl (C=O) groups is 1. The van der Waals surface area contributed by atoms with Gasteiger partial charge in [-0.25, -0.2) is 9.37 Å². The number of aromatic nitrogens is 2. The zero-order valence-electron chi connectivity index (χ0n) is 7.49. The highest BCUT2D eigenvalue weighted by Crippen LogP contribution is 2.15. The number of nitrogens with zero attached hydrogens (tertiary/aromatic N) is 2. The molecule has 72 valence electrons. The molecule has 0 saturated heterocycles. The van der Waals surface area contributed by atoms with E-state index in [4.69, 9.17) is 5.73 Å². The zero-order valence-corrected chi connectivity index (χ0v) is 7.49. The summed E-state index contributed by atoms with van der Waals surface area (Å²) in [4.78, 5) is 14.8. The standard InChI is InChI=1S/C9H8FN3O/c1-13-7-3-2-5(10)4-6(7)12-9(13)8(11)14/h2-4H,1H3,(H2,11,14). The lowest BCUT2D eigenvalue weighted by molar-refractivity contribution is 0.0988. The van der Waals surface area contributed by atoms with Gasteiger partial charge in [0.2, 0.25) is 0 Å². The molecule has 2 rings (SSSR count). The maximum atomic E-state index is 12.8. The summed E-state index contributed by atoms with van der Waals surface area (Å²) in [5, 5.41) is 0. The van der Waals surface area contributed by atoms with Gasteiger partial charge in [-0.2, -0.15) is 0 Å². The van der Waals surface area contributed by atoms with Gasteiger partial charge in [0.15, 0.2) is 5.82 Å². The molecule has 2 N–H and O–H groups in total. The van der Waals surface area contributed by atoms with E-state index in [2.05, 4.69) is 4.98 Å². The molecule has 4 nitrogen and oxygen atoms in total. The van der Waals surface area contributed by atoms with E-state index in [0.717, 1.165) is 0 Å². The molecule has 1 aromatic heterocycles. The number of fused-ring (bicyclic) bond motifs is 1. The molecule has 0 aliphatic carbocycles. The van der Waals surface area contributed by atoms with Crippen LogP contribution in [0.25, 0.3) is 11.0 Å². The van der Waals surface area contributed by atoms with Crippen molar-refractivity contribution in [2.75, 3.05) is 0 Å². The van der Waals surface area contributed by atoms with E-state index >= 15 is 0 Å². The smallest absolute Gasteiger partial charge is 0.284 e. The van der Waals surface area contributed by atoms with Crippen LogP contribution in [-0.2, 0) is 7.05 Å². The van der Waals surface area contributed by atoms with E-state index in [1.807, 2.05) is 0 Å². The fraction of sp³-hybridized carbons (Fsp3) is 0.111. The molecule has 0 fully saturated rings. The van der Waals surface area contributed by atoms with Crippen molar-refractivity contribution in [3.05, 3.63) is 29.8 Å². The number of imidazole rings is 1. The van der Waals surface area contributed by atoms with Crippen molar-refractivity contribution < 1.29 is 9.18 Å². The van der Waals surface area contributed by atoms with Gasteiger partial charge in [-0.1, -0.05) is 0 Å². The van der Waals surface area contributed by atoms with Crippen LogP contribution in [0, 0.1) is 5.82 Å². The van der Waals surface area contributed by atoms with Gasteiger partial charge in [-0.15, -0.1) is 0 Å². The first kappa shape index (κ1) is 8.68. The van der Waals surface area contributed by atoms with Gasteiger partial charge in [-0.3, -0.25) is 4.79 Å². The molecule has 0 unspecified atom stereocenters. The van der Waals surface area contributed by atoms with Crippen molar-refractivity contribution in [3.63, 3.8) is 0 Å². The second kappa shape index (κ2) is 2.80. The van der Waals surface area contributed by atoms with Gasteiger partial charge in [0.25, 0.3) is 5.91 Å². The van der Waals surface area contributed by atoms with Gasteiger partial charge >= 0.3 is 0 Å². The highest BCUT2D eigenvalue weighted by atomic mass is 19.1. The molecule has 2 aromatic rings. The van der Waals surface area contributed by atoms with Crippen LogP contribution < -0.4 is 5.73 Å². The number of hydrogen-bond acceptors (Lipinski definition) is 2. The molecule has 14 heavy (non-hydrogen) atoms.